The van der Waals surface area contributed by atoms with Gasteiger partial charge in [-0.1, -0.05) is 52.6 Å². The minimum absolute atomic E-state index is 0.0550. The van der Waals surface area contributed by atoms with E-state index in [4.69, 9.17) is 17.8 Å². The summed E-state index contributed by atoms with van der Waals surface area (Å²) in [6.07, 6.45) is 5.12. The van der Waals surface area contributed by atoms with Crippen LogP contribution >= 0.6 is 22.6 Å². The van der Waals surface area contributed by atoms with Gasteiger partial charge in [0.15, 0.2) is 5.88 Å². The molecule has 3 atom stereocenters. The number of thioether (sulfide) groups is 1. The monoisotopic (exact) mass is 548 g/mol. The van der Waals surface area contributed by atoms with E-state index in [1.54, 1.807) is 6.08 Å². The molecule has 0 aromatic heterocycles. The summed E-state index contributed by atoms with van der Waals surface area (Å²) >= 11 is 1.22. The molecule has 1 aliphatic carbocycles. The molecule has 0 aromatic rings. The Morgan fingerprint density at radius 2 is 1.83 bits per heavy atom. The number of nitrogens with one attached hydrogen (secondary N) is 2. The second kappa shape index (κ2) is 15.2. The summed E-state index contributed by atoms with van der Waals surface area (Å²) in [5.41, 5.74) is 0.0567. The van der Waals surface area contributed by atoms with E-state index in [1.165, 1.54) is 26.0 Å². The molecule has 1 aliphatic rings. The Balaban J connectivity index is 2.48. The molecule has 3 N–H and O–H groups in total. The Morgan fingerprint density at radius 3 is 2.44 bits per heavy atom. The number of hydrogen-bond donors (Lipinski definition) is 3. The van der Waals surface area contributed by atoms with Crippen LogP contribution in [0.3, 0.4) is 0 Å². The fourth-order valence-corrected chi connectivity index (χ4v) is 6.53. The number of carbonyl (C=O) groups excluding carboxylic acids is 1. The van der Waals surface area contributed by atoms with E-state index in [0.717, 1.165) is 19.3 Å². The van der Waals surface area contributed by atoms with Gasteiger partial charge in [0.05, 0.1) is 38.3 Å². The number of carbonyl (C=O) groups is 1. The molecule has 0 saturated heterocycles. The second-order valence-corrected chi connectivity index (χ2v) is 14.0. The number of allylic oxidation sites excluding steroid dienone is 1. The van der Waals surface area contributed by atoms with Crippen LogP contribution in [0.4, 0.5) is 4.79 Å². The van der Waals surface area contributed by atoms with Gasteiger partial charge in [0, 0.05) is 30.0 Å². The van der Waals surface area contributed by atoms with Crippen LogP contribution in [0.25, 0.3) is 0 Å². The zero-order chi connectivity index (χ0) is 27.4. The van der Waals surface area contributed by atoms with Crippen LogP contribution in [0.1, 0.15) is 53.4 Å². The van der Waals surface area contributed by atoms with Crippen molar-refractivity contribution in [3.05, 3.63) is 37.5 Å². The van der Waals surface area contributed by atoms with E-state index in [2.05, 4.69) is 51.1 Å². The highest BCUT2D eigenvalue weighted by atomic mass is 32.3. The van der Waals surface area contributed by atoms with Crippen LogP contribution in [0.2, 0.25) is 0 Å². The average molecular weight is 549 g/mol. The summed E-state index contributed by atoms with van der Waals surface area (Å²) in [5.74, 6) is 2.26. The van der Waals surface area contributed by atoms with Crippen LogP contribution < -0.4 is 10.6 Å². The highest BCUT2D eigenvalue weighted by molar-refractivity contribution is 8.21. The van der Waals surface area contributed by atoms with Crippen LogP contribution in [0, 0.1) is 16.7 Å². The van der Waals surface area contributed by atoms with Gasteiger partial charge in [0.25, 0.3) is 5.24 Å². The lowest BCUT2D eigenvalue weighted by Gasteiger charge is -2.47. The fraction of sp³-hybridized carbons (Fsp3) is 0.731. The van der Waals surface area contributed by atoms with Crippen molar-refractivity contribution in [2.24, 2.45) is 16.7 Å². The van der Waals surface area contributed by atoms with E-state index < -0.39 is 10.9 Å². The molecule has 1 amide bonds. The van der Waals surface area contributed by atoms with Crippen molar-refractivity contribution in [1.29, 1.82) is 0 Å². The third-order valence-corrected chi connectivity index (χ3v) is 8.84. The fourth-order valence-electron chi connectivity index (χ4n) is 4.72. The van der Waals surface area contributed by atoms with Crippen LogP contribution in [-0.4, -0.2) is 61.3 Å². The first-order chi connectivity index (χ1) is 16.7. The average Bonchev–Trinajstić information content (AvgIpc) is 2.81. The predicted molar refractivity (Wildman–Crippen MR) is 152 cm³/mol. The molecule has 210 valence electrons. The molecule has 1 saturated carbocycles. The topological polar surface area (TPSA) is 98.3 Å². The molecular weight excluding hydrogens is 500 g/mol. The number of hydrogen-bond acceptors (Lipinski definition) is 8. The third-order valence-electron chi connectivity index (χ3n) is 6.09. The molecule has 0 bridgehead atoms. The van der Waals surface area contributed by atoms with E-state index >= 15 is 0 Å². The normalized spacial score (nSPS) is 22.7. The van der Waals surface area contributed by atoms with Crippen LogP contribution in [0.5, 0.6) is 0 Å². The van der Waals surface area contributed by atoms with Crippen LogP contribution in [-0.2, 0) is 17.8 Å². The Kier molecular flexibility index (Phi) is 13.8. The van der Waals surface area contributed by atoms with Crippen molar-refractivity contribution in [2.75, 3.05) is 45.5 Å². The molecule has 8 nitrogen and oxygen atoms in total. The first-order valence-corrected chi connectivity index (χ1v) is 14.9. The molecule has 0 aliphatic heterocycles. The standard InChI is InChI=1S/C26H48N2O6S2/c1-10-21(3)33-16-20(2)17-34-22(4)28-23-14-25(5,6)18-26(7,15-23)19-27-24(29)35-12-11-13-36(30,31-8)32-9/h10,20,23,28,30H,1,3-4,11-19H2,2,5-9H3,(H,27,29). The summed E-state index contributed by atoms with van der Waals surface area (Å²) in [5, 5.41) is 6.50. The van der Waals surface area contributed by atoms with E-state index in [1.807, 2.05) is 6.92 Å². The van der Waals surface area contributed by atoms with Crippen molar-refractivity contribution in [3.63, 3.8) is 0 Å². The van der Waals surface area contributed by atoms with Crippen molar-refractivity contribution in [2.45, 2.75) is 59.4 Å². The van der Waals surface area contributed by atoms with E-state index in [0.29, 0.717) is 49.3 Å². The molecule has 1 fully saturated rings. The van der Waals surface area contributed by atoms with Gasteiger partial charge in [-0.15, -0.1) is 0 Å². The SMILES string of the molecule is C=CC(=C)OCC(C)COC(=C)NC1CC(C)(C)CC(C)(CNC(=O)SCCCS(O)(OC)OC)C1. The first kappa shape index (κ1) is 32.7. The van der Waals surface area contributed by atoms with Gasteiger partial charge in [0.1, 0.15) is 5.76 Å². The maximum atomic E-state index is 12.4. The zero-order valence-corrected chi connectivity index (χ0v) is 24.7. The number of amides is 1. The van der Waals surface area contributed by atoms with Gasteiger partial charge in [-0.3, -0.25) is 13.2 Å². The zero-order valence-electron chi connectivity index (χ0n) is 23.0. The van der Waals surface area contributed by atoms with Gasteiger partial charge in [-0.05, 0) is 49.2 Å². The summed E-state index contributed by atoms with van der Waals surface area (Å²) in [6.45, 7) is 21.8. The number of rotatable bonds is 17. The third kappa shape index (κ3) is 12.8. The molecule has 10 heteroatoms. The Hall–Kier alpha value is -1.33. The van der Waals surface area contributed by atoms with E-state index in [9.17, 15) is 9.35 Å². The van der Waals surface area contributed by atoms with Crippen molar-refractivity contribution in [3.8, 4) is 0 Å². The molecule has 0 spiro atoms. The quantitative estimate of drug-likeness (QED) is 0.112. The maximum Gasteiger partial charge on any atom is 0.279 e. The molecule has 36 heavy (non-hydrogen) atoms. The molecule has 0 aromatic carbocycles. The molecule has 1 rings (SSSR count). The molecular formula is C26H48N2O6S2. The van der Waals surface area contributed by atoms with E-state index in [-0.39, 0.29) is 28.0 Å². The summed E-state index contributed by atoms with van der Waals surface area (Å²) in [4.78, 5) is 12.4. The Morgan fingerprint density at radius 1 is 1.19 bits per heavy atom. The summed E-state index contributed by atoms with van der Waals surface area (Å²) in [6, 6.07) is 0.201. The number of ether oxygens (including phenoxy) is 2. The van der Waals surface area contributed by atoms with Gasteiger partial charge in [-0.2, -0.15) is 0 Å². The molecule has 0 heterocycles. The van der Waals surface area contributed by atoms with Crippen molar-refractivity contribution in [1.82, 2.24) is 10.6 Å². The van der Waals surface area contributed by atoms with Crippen molar-refractivity contribution < 1.29 is 27.2 Å². The highest BCUT2D eigenvalue weighted by Gasteiger charge is 2.41. The minimum Gasteiger partial charge on any atom is -0.494 e. The maximum absolute atomic E-state index is 12.4. The smallest absolute Gasteiger partial charge is 0.279 e. The lowest BCUT2D eigenvalue weighted by atomic mass is 9.62. The first-order valence-electron chi connectivity index (χ1n) is 12.3. The van der Waals surface area contributed by atoms with Crippen LogP contribution in [0.15, 0.2) is 37.5 Å². The lowest BCUT2D eigenvalue weighted by molar-refractivity contribution is 0.0580. The van der Waals surface area contributed by atoms with Gasteiger partial charge in [-0.25, -0.2) is 0 Å². The van der Waals surface area contributed by atoms with Gasteiger partial charge >= 0.3 is 0 Å². The predicted octanol–water partition coefficient (Wildman–Crippen LogP) is 6.23. The molecule has 0 radical (unpaired) electrons. The van der Waals surface area contributed by atoms with Gasteiger partial charge in [0.2, 0.25) is 0 Å². The Labute approximate surface area is 224 Å². The van der Waals surface area contributed by atoms with Crippen molar-refractivity contribution >= 4 is 27.9 Å². The minimum atomic E-state index is -2.48. The summed E-state index contributed by atoms with van der Waals surface area (Å²) < 4.78 is 31.4. The lowest BCUT2D eigenvalue weighted by Crippen LogP contribution is -2.48. The second-order valence-electron chi connectivity index (χ2n) is 10.7. The van der Waals surface area contributed by atoms with Gasteiger partial charge < -0.3 is 24.7 Å². The Bertz CT molecular complexity index is 744. The summed E-state index contributed by atoms with van der Waals surface area (Å²) in [7, 11) is 0.367. The molecule has 3 unspecified atom stereocenters. The highest BCUT2D eigenvalue weighted by Crippen LogP contribution is 2.46. The largest absolute Gasteiger partial charge is 0.494 e.